The predicted octanol–water partition coefficient (Wildman–Crippen LogP) is 1.82. The maximum Gasteiger partial charge on any atom is 0.278 e. The highest BCUT2D eigenvalue weighted by Gasteiger charge is 2.19. The van der Waals surface area contributed by atoms with Crippen LogP contribution in [-0.4, -0.2) is 32.0 Å². The standard InChI is InChI=1S/C20H21N5O3/c26-18(13-25-20(27)16-9-3-4-10-17(16)23-24-25)22-12-14-6-5-11-21-19(14)28-15-7-1-2-8-15/h3-6,9-11,15H,1-2,7-8,12-13H2,(H,22,26). The van der Waals surface area contributed by atoms with Crippen molar-refractivity contribution >= 4 is 16.8 Å². The summed E-state index contributed by atoms with van der Waals surface area (Å²) in [6, 6.07) is 10.6. The van der Waals surface area contributed by atoms with Crippen molar-refractivity contribution in [3.8, 4) is 5.88 Å². The van der Waals surface area contributed by atoms with E-state index < -0.39 is 0 Å². The van der Waals surface area contributed by atoms with E-state index in [1.54, 1.807) is 30.5 Å². The lowest BCUT2D eigenvalue weighted by molar-refractivity contribution is -0.122. The Labute approximate surface area is 161 Å². The van der Waals surface area contributed by atoms with Gasteiger partial charge in [-0.15, -0.1) is 5.10 Å². The molecular weight excluding hydrogens is 358 g/mol. The fourth-order valence-electron chi connectivity index (χ4n) is 3.34. The average molecular weight is 379 g/mol. The highest BCUT2D eigenvalue weighted by molar-refractivity contribution is 5.78. The van der Waals surface area contributed by atoms with Gasteiger partial charge in [0.25, 0.3) is 5.56 Å². The van der Waals surface area contributed by atoms with Gasteiger partial charge < -0.3 is 10.1 Å². The number of nitrogens with zero attached hydrogens (tertiary/aromatic N) is 4. The Balaban J connectivity index is 1.41. The second-order valence-electron chi connectivity index (χ2n) is 6.84. The van der Waals surface area contributed by atoms with Gasteiger partial charge in [-0.1, -0.05) is 23.4 Å². The van der Waals surface area contributed by atoms with Crippen LogP contribution < -0.4 is 15.6 Å². The molecule has 0 aliphatic heterocycles. The SMILES string of the molecule is O=C(Cn1nnc2ccccc2c1=O)NCc1cccnc1OC1CCCC1. The van der Waals surface area contributed by atoms with Crippen molar-refractivity contribution in [2.75, 3.05) is 0 Å². The summed E-state index contributed by atoms with van der Waals surface area (Å²) in [5.74, 6) is 0.222. The Morgan fingerprint density at radius 1 is 1.18 bits per heavy atom. The van der Waals surface area contributed by atoms with E-state index in [-0.39, 0.29) is 30.7 Å². The number of hydrogen-bond acceptors (Lipinski definition) is 6. The largest absolute Gasteiger partial charge is 0.474 e. The van der Waals surface area contributed by atoms with Crippen molar-refractivity contribution in [3.63, 3.8) is 0 Å². The van der Waals surface area contributed by atoms with E-state index >= 15 is 0 Å². The molecule has 1 aromatic carbocycles. The number of nitrogens with one attached hydrogen (secondary N) is 1. The molecule has 8 nitrogen and oxygen atoms in total. The molecule has 1 saturated carbocycles. The number of ether oxygens (including phenoxy) is 1. The zero-order valence-electron chi connectivity index (χ0n) is 15.4. The Bertz CT molecular complexity index is 1040. The minimum absolute atomic E-state index is 0.191. The molecule has 0 saturated heterocycles. The summed E-state index contributed by atoms with van der Waals surface area (Å²) in [4.78, 5) is 29.1. The van der Waals surface area contributed by atoms with Gasteiger partial charge in [-0.25, -0.2) is 9.67 Å². The van der Waals surface area contributed by atoms with E-state index in [0.717, 1.165) is 23.1 Å². The number of carbonyl (C=O) groups is 1. The van der Waals surface area contributed by atoms with E-state index in [0.29, 0.717) is 16.8 Å². The lowest BCUT2D eigenvalue weighted by Gasteiger charge is -2.15. The number of carbonyl (C=O) groups excluding carboxylic acids is 1. The van der Waals surface area contributed by atoms with Crippen molar-refractivity contribution < 1.29 is 9.53 Å². The number of pyridine rings is 1. The molecule has 1 amide bonds. The van der Waals surface area contributed by atoms with Crippen molar-refractivity contribution in [1.82, 2.24) is 25.3 Å². The first-order chi connectivity index (χ1) is 13.7. The van der Waals surface area contributed by atoms with E-state index in [1.807, 2.05) is 12.1 Å². The van der Waals surface area contributed by atoms with Gasteiger partial charge in [-0.3, -0.25) is 9.59 Å². The van der Waals surface area contributed by atoms with Gasteiger partial charge in [0, 0.05) is 18.3 Å². The summed E-state index contributed by atoms with van der Waals surface area (Å²) < 4.78 is 7.05. The van der Waals surface area contributed by atoms with Crippen molar-refractivity contribution in [2.45, 2.75) is 44.9 Å². The first kappa shape index (κ1) is 18.1. The molecule has 4 rings (SSSR count). The summed E-state index contributed by atoms with van der Waals surface area (Å²) in [6.45, 7) is 0.0697. The first-order valence-electron chi connectivity index (χ1n) is 9.40. The van der Waals surface area contributed by atoms with Crippen LogP contribution in [0.3, 0.4) is 0 Å². The lowest BCUT2D eigenvalue weighted by Crippen LogP contribution is -2.34. The second kappa shape index (κ2) is 8.16. The van der Waals surface area contributed by atoms with Crippen LogP contribution in [0.5, 0.6) is 5.88 Å². The third-order valence-electron chi connectivity index (χ3n) is 4.83. The zero-order chi connectivity index (χ0) is 19.3. The number of rotatable bonds is 6. The Morgan fingerprint density at radius 2 is 2.00 bits per heavy atom. The van der Waals surface area contributed by atoms with E-state index in [4.69, 9.17) is 4.74 Å². The molecule has 2 aromatic heterocycles. The van der Waals surface area contributed by atoms with Crippen LogP contribution in [0.15, 0.2) is 47.4 Å². The summed E-state index contributed by atoms with van der Waals surface area (Å²) in [5, 5.41) is 11.1. The second-order valence-corrected chi connectivity index (χ2v) is 6.84. The van der Waals surface area contributed by atoms with Crippen LogP contribution in [0.25, 0.3) is 10.9 Å². The minimum Gasteiger partial charge on any atom is -0.474 e. The van der Waals surface area contributed by atoms with Crippen molar-refractivity contribution in [2.24, 2.45) is 0 Å². The molecule has 0 spiro atoms. The van der Waals surface area contributed by atoms with Crippen LogP contribution in [0.1, 0.15) is 31.2 Å². The maximum atomic E-state index is 12.4. The quantitative estimate of drug-likeness (QED) is 0.701. The van der Waals surface area contributed by atoms with E-state index in [1.165, 1.54) is 12.8 Å². The van der Waals surface area contributed by atoms with E-state index in [9.17, 15) is 9.59 Å². The topological polar surface area (TPSA) is 99.0 Å². The first-order valence-corrected chi connectivity index (χ1v) is 9.40. The van der Waals surface area contributed by atoms with Gasteiger partial charge in [0.2, 0.25) is 11.8 Å². The number of aromatic nitrogens is 4. The predicted molar refractivity (Wildman–Crippen MR) is 103 cm³/mol. The van der Waals surface area contributed by atoms with Crippen LogP contribution in [0.4, 0.5) is 0 Å². The maximum absolute atomic E-state index is 12.4. The number of benzene rings is 1. The Morgan fingerprint density at radius 3 is 2.86 bits per heavy atom. The molecule has 1 N–H and O–H groups in total. The van der Waals surface area contributed by atoms with Gasteiger partial charge in [0.05, 0.1) is 5.39 Å². The Kier molecular flexibility index (Phi) is 5.27. The molecule has 0 radical (unpaired) electrons. The van der Waals surface area contributed by atoms with Crippen molar-refractivity contribution in [3.05, 3.63) is 58.5 Å². The molecule has 1 fully saturated rings. The molecule has 2 heterocycles. The highest BCUT2D eigenvalue weighted by atomic mass is 16.5. The fraction of sp³-hybridized carbons (Fsp3) is 0.350. The molecule has 0 unspecified atom stereocenters. The molecule has 1 aliphatic rings. The Hall–Kier alpha value is -3.29. The fourth-order valence-corrected chi connectivity index (χ4v) is 3.34. The van der Waals surface area contributed by atoms with Gasteiger partial charge in [0.15, 0.2) is 0 Å². The van der Waals surface area contributed by atoms with Gasteiger partial charge in [0.1, 0.15) is 18.2 Å². The third kappa shape index (κ3) is 4.00. The van der Waals surface area contributed by atoms with Crippen LogP contribution in [-0.2, 0) is 17.9 Å². The van der Waals surface area contributed by atoms with Gasteiger partial charge >= 0.3 is 0 Å². The van der Waals surface area contributed by atoms with Gasteiger partial charge in [-0.05, 0) is 43.9 Å². The summed E-state index contributed by atoms with van der Waals surface area (Å²) in [7, 11) is 0. The molecule has 28 heavy (non-hydrogen) atoms. The molecule has 8 heteroatoms. The van der Waals surface area contributed by atoms with Crippen LogP contribution in [0, 0.1) is 0 Å². The summed E-state index contributed by atoms with van der Waals surface area (Å²) in [5.41, 5.74) is 0.972. The number of hydrogen-bond donors (Lipinski definition) is 1. The van der Waals surface area contributed by atoms with Gasteiger partial charge in [-0.2, -0.15) is 0 Å². The molecule has 0 bridgehead atoms. The summed E-state index contributed by atoms with van der Waals surface area (Å²) in [6.07, 6.45) is 6.28. The number of fused-ring (bicyclic) bond motifs is 1. The van der Waals surface area contributed by atoms with Crippen molar-refractivity contribution in [1.29, 1.82) is 0 Å². The molecule has 3 aromatic rings. The molecular formula is C20H21N5O3. The highest BCUT2D eigenvalue weighted by Crippen LogP contribution is 2.24. The minimum atomic E-state index is -0.340. The monoisotopic (exact) mass is 379 g/mol. The molecule has 0 atom stereocenters. The lowest BCUT2D eigenvalue weighted by atomic mass is 10.2. The van der Waals surface area contributed by atoms with Crippen LogP contribution in [0.2, 0.25) is 0 Å². The molecule has 1 aliphatic carbocycles. The smallest absolute Gasteiger partial charge is 0.278 e. The summed E-state index contributed by atoms with van der Waals surface area (Å²) >= 11 is 0. The average Bonchev–Trinajstić information content (AvgIpc) is 3.23. The number of amides is 1. The third-order valence-corrected chi connectivity index (χ3v) is 4.83. The van der Waals surface area contributed by atoms with Crippen LogP contribution >= 0.6 is 0 Å². The van der Waals surface area contributed by atoms with E-state index in [2.05, 4.69) is 20.6 Å². The normalized spacial score (nSPS) is 14.3. The zero-order valence-corrected chi connectivity index (χ0v) is 15.4. The molecule has 144 valence electrons.